The Kier molecular flexibility index (Phi) is 2.94. The third-order valence-electron chi connectivity index (χ3n) is 4.44. The van der Waals surface area contributed by atoms with Gasteiger partial charge in [0, 0.05) is 11.6 Å². The first-order valence-electron chi connectivity index (χ1n) is 8.23. The number of benzene rings is 1. The van der Waals surface area contributed by atoms with Crippen molar-refractivity contribution in [3.8, 4) is 5.69 Å². The molecule has 1 aromatic carbocycles. The van der Waals surface area contributed by atoms with E-state index in [9.17, 15) is 4.79 Å². The normalized spacial score (nSPS) is 11.6. The van der Waals surface area contributed by atoms with Gasteiger partial charge in [0.1, 0.15) is 5.82 Å². The maximum atomic E-state index is 12.2. The van der Waals surface area contributed by atoms with Crippen LogP contribution in [-0.2, 0) is 0 Å². The molecule has 7 nitrogen and oxygen atoms in total. The standard InChI is InChI=1S/C19H14N6O/c1-10-15-16-12(8-14-17(23-16)21-11(2)22-19(14)26)9-20-18(15)25(24-10)13-6-4-3-5-7-13/h3-9H,1-2H3,(H,21,22,23,26). The molecule has 7 heteroatoms. The summed E-state index contributed by atoms with van der Waals surface area (Å²) in [5, 5.41) is 6.76. The Morgan fingerprint density at radius 3 is 2.69 bits per heavy atom. The molecule has 1 N–H and O–H groups in total. The fourth-order valence-corrected chi connectivity index (χ4v) is 3.28. The molecule has 0 saturated heterocycles. The molecular formula is C19H14N6O. The van der Waals surface area contributed by atoms with Crippen molar-refractivity contribution in [2.45, 2.75) is 13.8 Å². The summed E-state index contributed by atoms with van der Waals surface area (Å²) < 4.78 is 1.81. The number of rotatable bonds is 1. The van der Waals surface area contributed by atoms with E-state index in [0.717, 1.165) is 33.3 Å². The van der Waals surface area contributed by atoms with Crippen LogP contribution in [0.15, 0.2) is 47.4 Å². The van der Waals surface area contributed by atoms with Gasteiger partial charge in [-0.3, -0.25) is 4.79 Å². The Balaban J connectivity index is 1.92. The second-order valence-electron chi connectivity index (χ2n) is 6.24. The molecule has 5 aromatic rings. The molecule has 0 aliphatic heterocycles. The van der Waals surface area contributed by atoms with Crippen molar-refractivity contribution in [3.63, 3.8) is 0 Å². The summed E-state index contributed by atoms with van der Waals surface area (Å²) in [5.41, 5.74) is 3.48. The second kappa shape index (κ2) is 5.19. The van der Waals surface area contributed by atoms with Gasteiger partial charge in [0.15, 0.2) is 11.3 Å². The highest BCUT2D eigenvalue weighted by Gasteiger charge is 2.16. The number of nitrogens with one attached hydrogen (secondary N) is 1. The molecule has 0 aliphatic rings. The Morgan fingerprint density at radius 2 is 1.88 bits per heavy atom. The van der Waals surface area contributed by atoms with Gasteiger partial charge in [-0.25, -0.2) is 19.6 Å². The SMILES string of the molecule is Cc1nc2nc3c(cnc4c3c(C)nn4-c3ccccc3)cc2c(=O)[nH]1. The smallest absolute Gasteiger partial charge is 0.260 e. The lowest BCUT2D eigenvalue weighted by molar-refractivity contribution is 0.878. The maximum Gasteiger partial charge on any atom is 0.260 e. The number of pyridine rings is 2. The number of aryl methyl sites for hydroxylation is 2. The fourth-order valence-electron chi connectivity index (χ4n) is 3.28. The number of hydrogen-bond donors (Lipinski definition) is 1. The van der Waals surface area contributed by atoms with Gasteiger partial charge < -0.3 is 4.98 Å². The summed E-state index contributed by atoms with van der Waals surface area (Å²) in [7, 11) is 0. The van der Waals surface area contributed by atoms with Crippen molar-refractivity contribution >= 4 is 33.0 Å². The molecule has 0 saturated carbocycles. The van der Waals surface area contributed by atoms with Crippen LogP contribution >= 0.6 is 0 Å². The molecule has 0 atom stereocenters. The number of nitrogens with zero attached hydrogens (tertiary/aromatic N) is 5. The lowest BCUT2D eigenvalue weighted by Crippen LogP contribution is -2.10. The van der Waals surface area contributed by atoms with Crippen molar-refractivity contribution < 1.29 is 0 Å². The number of aromatic amines is 1. The summed E-state index contributed by atoms with van der Waals surface area (Å²) in [6.07, 6.45) is 1.73. The molecule has 0 bridgehead atoms. The Labute approximate surface area is 147 Å². The largest absolute Gasteiger partial charge is 0.310 e. The summed E-state index contributed by atoms with van der Waals surface area (Å²) in [6, 6.07) is 11.6. The van der Waals surface area contributed by atoms with E-state index in [0.29, 0.717) is 16.9 Å². The van der Waals surface area contributed by atoms with Gasteiger partial charge in [0.25, 0.3) is 5.56 Å². The van der Waals surface area contributed by atoms with Crippen molar-refractivity contribution in [1.29, 1.82) is 0 Å². The molecule has 0 unspecified atom stereocenters. The molecule has 0 amide bonds. The predicted octanol–water partition coefficient (Wildman–Crippen LogP) is 2.82. The molecule has 5 rings (SSSR count). The minimum Gasteiger partial charge on any atom is -0.310 e. The average molecular weight is 342 g/mol. The molecule has 4 heterocycles. The van der Waals surface area contributed by atoms with E-state index in [1.165, 1.54) is 0 Å². The Bertz CT molecular complexity index is 1370. The zero-order valence-corrected chi connectivity index (χ0v) is 14.2. The zero-order chi connectivity index (χ0) is 17.8. The third-order valence-corrected chi connectivity index (χ3v) is 4.44. The maximum absolute atomic E-state index is 12.2. The van der Waals surface area contributed by atoms with Crippen LogP contribution in [0.1, 0.15) is 11.5 Å². The van der Waals surface area contributed by atoms with Crippen LogP contribution in [0.4, 0.5) is 0 Å². The number of H-pyrrole nitrogens is 1. The highest BCUT2D eigenvalue weighted by Crippen LogP contribution is 2.27. The van der Waals surface area contributed by atoms with Crippen molar-refractivity contribution in [1.82, 2.24) is 29.7 Å². The highest BCUT2D eigenvalue weighted by molar-refractivity contribution is 6.06. The van der Waals surface area contributed by atoms with Gasteiger partial charge >= 0.3 is 0 Å². The summed E-state index contributed by atoms with van der Waals surface area (Å²) in [5.74, 6) is 0.538. The molecular weight excluding hydrogens is 328 g/mol. The molecule has 4 aromatic heterocycles. The monoisotopic (exact) mass is 342 g/mol. The van der Waals surface area contributed by atoms with Gasteiger partial charge in [-0.1, -0.05) is 18.2 Å². The molecule has 0 spiro atoms. The van der Waals surface area contributed by atoms with E-state index in [1.54, 1.807) is 19.2 Å². The lowest BCUT2D eigenvalue weighted by Gasteiger charge is -2.04. The molecule has 0 aliphatic carbocycles. The van der Waals surface area contributed by atoms with Crippen LogP contribution in [0.2, 0.25) is 0 Å². The van der Waals surface area contributed by atoms with Crippen LogP contribution in [-0.4, -0.2) is 29.7 Å². The summed E-state index contributed by atoms with van der Waals surface area (Å²) >= 11 is 0. The zero-order valence-electron chi connectivity index (χ0n) is 14.2. The lowest BCUT2D eigenvalue weighted by atomic mass is 10.1. The van der Waals surface area contributed by atoms with Crippen LogP contribution in [0.3, 0.4) is 0 Å². The summed E-state index contributed by atoms with van der Waals surface area (Å²) in [4.78, 5) is 28.5. The van der Waals surface area contributed by atoms with Crippen LogP contribution < -0.4 is 5.56 Å². The van der Waals surface area contributed by atoms with Gasteiger partial charge in [0.2, 0.25) is 0 Å². The first-order valence-corrected chi connectivity index (χ1v) is 8.23. The number of hydrogen-bond acceptors (Lipinski definition) is 5. The fraction of sp³-hybridized carbons (Fsp3) is 0.105. The second-order valence-corrected chi connectivity index (χ2v) is 6.24. The van der Waals surface area contributed by atoms with Gasteiger partial charge in [-0.2, -0.15) is 5.10 Å². The Morgan fingerprint density at radius 1 is 1.08 bits per heavy atom. The highest BCUT2D eigenvalue weighted by atomic mass is 16.1. The quantitative estimate of drug-likeness (QED) is 0.473. The minimum atomic E-state index is -0.196. The third kappa shape index (κ3) is 2.03. The minimum absolute atomic E-state index is 0.196. The van der Waals surface area contributed by atoms with E-state index in [4.69, 9.17) is 0 Å². The molecule has 126 valence electrons. The van der Waals surface area contributed by atoms with Crippen molar-refractivity contribution in [3.05, 3.63) is 64.5 Å². The summed E-state index contributed by atoms with van der Waals surface area (Å²) in [6.45, 7) is 3.68. The van der Waals surface area contributed by atoms with E-state index < -0.39 is 0 Å². The molecule has 0 radical (unpaired) electrons. The van der Waals surface area contributed by atoms with Crippen LogP contribution in [0.25, 0.3) is 38.7 Å². The number of fused-ring (bicyclic) bond motifs is 4. The van der Waals surface area contributed by atoms with Crippen molar-refractivity contribution in [2.75, 3.05) is 0 Å². The topological polar surface area (TPSA) is 89.3 Å². The van der Waals surface area contributed by atoms with Gasteiger partial charge in [-0.15, -0.1) is 0 Å². The van der Waals surface area contributed by atoms with E-state index in [-0.39, 0.29) is 5.56 Å². The van der Waals surface area contributed by atoms with Crippen LogP contribution in [0, 0.1) is 13.8 Å². The first kappa shape index (κ1) is 14.7. The van der Waals surface area contributed by atoms with Crippen molar-refractivity contribution in [2.24, 2.45) is 0 Å². The van der Waals surface area contributed by atoms with E-state index >= 15 is 0 Å². The molecule has 0 fully saturated rings. The van der Waals surface area contributed by atoms with Gasteiger partial charge in [-0.05, 0) is 32.0 Å². The predicted molar refractivity (Wildman–Crippen MR) is 99.6 cm³/mol. The Hall–Kier alpha value is -3.61. The first-order chi connectivity index (χ1) is 12.6. The number of aromatic nitrogens is 6. The number of para-hydroxylation sites is 1. The van der Waals surface area contributed by atoms with Gasteiger partial charge in [0.05, 0.1) is 27.7 Å². The van der Waals surface area contributed by atoms with E-state index in [2.05, 4.69) is 25.0 Å². The van der Waals surface area contributed by atoms with E-state index in [1.807, 2.05) is 41.9 Å². The van der Waals surface area contributed by atoms with Crippen LogP contribution in [0.5, 0.6) is 0 Å². The average Bonchev–Trinajstić information content (AvgIpc) is 2.98. The molecule has 26 heavy (non-hydrogen) atoms.